The number of nitrogens with two attached hydrogens (primary N) is 1. The molecule has 0 aliphatic heterocycles. The number of phenolic OH excluding ortho intramolecular Hbond substituents is 1. The maximum atomic E-state index is 13.6. The molecule has 3 aliphatic carbocycles. The molecule has 2 fully saturated rings. The first kappa shape index (κ1) is 23.7. The Morgan fingerprint density at radius 1 is 1.03 bits per heavy atom. The monoisotopic (exact) mass is 489 g/mol. The van der Waals surface area contributed by atoms with Crippen LogP contribution in [0.2, 0.25) is 0 Å². The number of carbonyl (C=O) groups excluding carboxylic acids is 6. The SMILES string of the molecule is CC(=O)c1cccc(-c2ccc(O)c3c2C[C@H]2C[C@H]4CC(=O)C(C(N)=O)C(=O)[C@@]4(O)C(=O)C2C3=O)c1. The predicted octanol–water partition coefficient (Wildman–Crippen LogP) is 1.20. The van der Waals surface area contributed by atoms with E-state index in [1.54, 1.807) is 30.3 Å². The maximum absolute atomic E-state index is 13.6. The molecule has 0 aromatic heterocycles. The molecule has 0 bridgehead atoms. The van der Waals surface area contributed by atoms with E-state index in [1.165, 1.54) is 13.0 Å². The van der Waals surface area contributed by atoms with Crippen molar-refractivity contribution in [3.05, 3.63) is 53.1 Å². The third kappa shape index (κ3) is 3.19. The summed E-state index contributed by atoms with van der Waals surface area (Å²) >= 11 is 0. The van der Waals surface area contributed by atoms with Crippen molar-refractivity contribution in [1.82, 2.24) is 0 Å². The Morgan fingerprint density at radius 3 is 2.42 bits per heavy atom. The van der Waals surface area contributed by atoms with Crippen molar-refractivity contribution < 1.29 is 39.0 Å². The number of fused-ring (bicyclic) bond motifs is 3. The maximum Gasteiger partial charge on any atom is 0.235 e. The standard InChI is InChI=1S/C27H23NO8/c1-11(29)12-3-2-4-13(7-12)16-5-6-18(30)21-17(16)9-14-8-15-10-19(31)22(26(28)35)25(34)27(15,36)24(33)20(14)23(21)32/h2-7,14-15,20,22,30,36H,8-10H2,1H3,(H2,28,35)/t14-,15+,20?,22?,27+/m1/s1. The average molecular weight is 489 g/mol. The molecule has 0 heterocycles. The smallest absolute Gasteiger partial charge is 0.235 e. The van der Waals surface area contributed by atoms with Crippen LogP contribution in [0.25, 0.3) is 11.1 Å². The molecule has 0 saturated heterocycles. The van der Waals surface area contributed by atoms with Crippen LogP contribution in [0.1, 0.15) is 46.0 Å². The molecular formula is C27H23NO8. The minimum Gasteiger partial charge on any atom is -0.507 e. The number of Topliss-reactive ketones (excluding diaryl/α,β-unsaturated/α-hetero) is 5. The molecule has 184 valence electrons. The molecule has 9 heteroatoms. The number of ketones is 5. The van der Waals surface area contributed by atoms with Crippen molar-refractivity contribution in [1.29, 1.82) is 0 Å². The van der Waals surface area contributed by atoms with Gasteiger partial charge in [-0.05, 0) is 54.5 Å². The summed E-state index contributed by atoms with van der Waals surface area (Å²) in [6.07, 6.45) is -0.206. The topological polar surface area (TPSA) is 169 Å². The molecule has 36 heavy (non-hydrogen) atoms. The van der Waals surface area contributed by atoms with E-state index < -0.39 is 58.3 Å². The minimum atomic E-state index is -2.68. The molecule has 2 unspecified atom stereocenters. The first-order valence-corrected chi connectivity index (χ1v) is 11.6. The fourth-order valence-corrected chi connectivity index (χ4v) is 6.14. The van der Waals surface area contributed by atoms with Crippen molar-refractivity contribution in [2.45, 2.75) is 31.8 Å². The molecule has 2 aromatic rings. The van der Waals surface area contributed by atoms with Gasteiger partial charge in [0.1, 0.15) is 5.75 Å². The zero-order valence-corrected chi connectivity index (χ0v) is 19.3. The number of hydrogen-bond donors (Lipinski definition) is 3. The number of amides is 1. The lowest BCUT2D eigenvalue weighted by atomic mass is 9.53. The number of aromatic hydroxyl groups is 1. The normalized spacial score (nSPS) is 29.3. The van der Waals surface area contributed by atoms with E-state index in [9.17, 15) is 39.0 Å². The molecule has 2 aromatic carbocycles. The summed E-state index contributed by atoms with van der Waals surface area (Å²) in [4.78, 5) is 76.2. The van der Waals surface area contributed by atoms with Crippen LogP contribution in [-0.2, 0) is 25.6 Å². The molecule has 4 N–H and O–H groups in total. The summed E-state index contributed by atoms with van der Waals surface area (Å²) in [5.41, 5.74) is 4.65. The van der Waals surface area contributed by atoms with Gasteiger partial charge in [-0.1, -0.05) is 24.3 Å². The van der Waals surface area contributed by atoms with Gasteiger partial charge in [-0.25, -0.2) is 0 Å². The van der Waals surface area contributed by atoms with Gasteiger partial charge < -0.3 is 15.9 Å². The Morgan fingerprint density at radius 2 is 1.75 bits per heavy atom. The molecule has 3 aliphatic rings. The fraction of sp³-hybridized carbons (Fsp3) is 0.333. The molecule has 9 nitrogen and oxygen atoms in total. The van der Waals surface area contributed by atoms with Gasteiger partial charge in [0.2, 0.25) is 5.91 Å². The van der Waals surface area contributed by atoms with Gasteiger partial charge in [-0.3, -0.25) is 28.8 Å². The number of carbonyl (C=O) groups is 6. The lowest BCUT2D eigenvalue weighted by molar-refractivity contribution is -0.175. The highest BCUT2D eigenvalue weighted by Gasteiger charge is 2.66. The lowest BCUT2D eigenvalue weighted by Crippen LogP contribution is -2.68. The van der Waals surface area contributed by atoms with Gasteiger partial charge in [0.25, 0.3) is 0 Å². The molecule has 2 saturated carbocycles. The molecular weight excluding hydrogens is 466 g/mol. The van der Waals surface area contributed by atoms with Gasteiger partial charge in [-0.2, -0.15) is 0 Å². The van der Waals surface area contributed by atoms with Gasteiger partial charge in [0.15, 0.2) is 40.4 Å². The Hall–Kier alpha value is -3.98. The van der Waals surface area contributed by atoms with E-state index in [0.29, 0.717) is 22.3 Å². The Labute approximate surface area is 205 Å². The second-order valence-electron chi connectivity index (χ2n) is 9.86. The molecule has 0 spiro atoms. The minimum absolute atomic E-state index is 0.0175. The van der Waals surface area contributed by atoms with E-state index in [1.807, 2.05) is 0 Å². The number of primary amides is 1. The Balaban J connectivity index is 1.62. The molecule has 0 radical (unpaired) electrons. The van der Waals surface area contributed by atoms with Gasteiger partial charge in [-0.15, -0.1) is 0 Å². The number of aliphatic hydroxyl groups is 1. The van der Waals surface area contributed by atoms with Crippen LogP contribution < -0.4 is 5.73 Å². The van der Waals surface area contributed by atoms with E-state index in [4.69, 9.17) is 5.73 Å². The van der Waals surface area contributed by atoms with Crippen molar-refractivity contribution >= 4 is 34.8 Å². The van der Waals surface area contributed by atoms with E-state index in [2.05, 4.69) is 0 Å². The number of hydrogen-bond acceptors (Lipinski definition) is 8. The summed E-state index contributed by atoms with van der Waals surface area (Å²) in [6, 6.07) is 9.77. The van der Waals surface area contributed by atoms with Crippen LogP contribution in [-0.4, -0.2) is 50.6 Å². The first-order valence-electron chi connectivity index (χ1n) is 11.6. The number of benzene rings is 2. The fourth-order valence-electron chi connectivity index (χ4n) is 6.14. The summed E-state index contributed by atoms with van der Waals surface area (Å²) < 4.78 is 0. The third-order valence-corrected chi connectivity index (χ3v) is 7.87. The third-order valence-electron chi connectivity index (χ3n) is 7.87. The van der Waals surface area contributed by atoms with Crippen LogP contribution >= 0.6 is 0 Å². The summed E-state index contributed by atoms with van der Waals surface area (Å²) in [5, 5.41) is 21.8. The van der Waals surface area contributed by atoms with Crippen LogP contribution in [0.3, 0.4) is 0 Å². The lowest BCUT2D eigenvalue weighted by Gasteiger charge is -2.48. The molecule has 1 amide bonds. The largest absolute Gasteiger partial charge is 0.507 e. The van der Waals surface area contributed by atoms with Crippen molar-refractivity contribution in [2.24, 2.45) is 29.4 Å². The van der Waals surface area contributed by atoms with E-state index >= 15 is 0 Å². The van der Waals surface area contributed by atoms with Crippen LogP contribution in [0.4, 0.5) is 0 Å². The van der Waals surface area contributed by atoms with Crippen molar-refractivity contribution in [3.63, 3.8) is 0 Å². The zero-order chi connectivity index (χ0) is 26.1. The van der Waals surface area contributed by atoms with Crippen LogP contribution in [0.5, 0.6) is 5.75 Å². The second-order valence-corrected chi connectivity index (χ2v) is 9.86. The van der Waals surface area contributed by atoms with Gasteiger partial charge in [0.05, 0.1) is 11.5 Å². The highest BCUT2D eigenvalue weighted by Crippen LogP contribution is 2.51. The molecule has 5 rings (SSSR count). The van der Waals surface area contributed by atoms with Crippen LogP contribution in [0, 0.1) is 23.7 Å². The summed E-state index contributed by atoms with van der Waals surface area (Å²) in [5.74, 6) is -10.6. The molecule has 5 atom stereocenters. The zero-order valence-electron chi connectivity index (χ0n) is 19.3. The number of rotatable bonds is 3. The van der Waals surface area contributed by atoms with Crippen molar-refractivity contribution in [3.8, 4) is 16.9 Å². The Bertz CT molecular complexity index is 1410. The van der Waals surface area contributed by atoms with E-state index in [0.717, 1.165) is 0 Å². The van der Waals surface area contributed by atoms with Crippen LogP contribution in [0.15, 0.2) is 36.4 Å². The van der Waals surface area contributed by atoms with E-state index in [-0.39, 0.29) is 36.4 Å². The summed E-state index contributed by atoms with van der Waals surface area (Å²) in [6.45, 7) is 1.43. The van der Waals surface area contributed by atoms with Crippen molar-refractivity contribution in [2.75, 3.05) is 0 Å². The number of phenols is 1. The highest BCUT2D eigenvalue weighted by molar-refractivity contribution is 6.31. The highest BCUT2D eigenvalue weighted by atomic mass is 16.3. The second kappa shape index (κ2) is 8.03. The first-order chi connectivity index (χ1) is 17.0. The van der Waals surface area contributed by atoms with Gasteiger partial charge in [0, 0.05) is 17.9 Å². The predicted molar refractivity (Wildman–Crippen MR) is 124 cm³/mol. The summed E-state index contributed by atoms with van der Waals surface area (Å²) in [7, 11) is 0. The quantitative estimate of drug-likeness (QED) is 0.427. The Kier molecular flexibility index (Phi) is 5.29. The average Bonchev–Trinajstić information content (AvgIpc) is 2.81. The van der Waals surface area contributed by atoms with Gasteiger partial charge >= 0.3 is 0 Å².